The zero-order chi connectivity index (χ0) is 22.7. The molecule has 6 rings (SSSR count). The molecular weight excluding hydrogens is 408 g/mol. The highest BCUT2D eigenvalue weighted by Crippen LogP contribution is 2.33. The van der Waals surface area contributed by atoms with Crippen molar-refractivity contribution in [3.8, 4) is 16.8 Å². The molecule has 0 aliphatic rings. The second-order valence-electron chi connectivity index (χ2n) is 9.48. The molecule has 6 heteroatoms. The summed E-state index contributed by atoms with van der Waals surface area (Å²) < 4.78 is 4.27. The molecular formula is C27H24N6. The molecule has 0 saturated heterocycles. The van der Waals surface area contributed by atoms with Crippen molar-refractivity contribution in [2.24, 2.45) is 0 Å². The lowest BCUT2D eigenvalue weighted by Crippen LogP contribution is -2.10. The molecule has 6 aromatic rings. The number of pyridine rings is 2. The van der Waals surface area contributed by atoms with Gasteiger partial charge in [0.15, 0.2) is 0 Å². The van der Waals surface area contributed by atoms with Gasteiger partial charge in [-0.25, -0.2) is 0 Å². The smallest absolute Gasteiger partial charge is 0.241 e. The zero-order valence-corrected chi connectivity index (χ0v) is 19.1. The summed E-state index contributed by atoms with van der Waals surface area (Å²) in [7, 11) is 0. The monoisotopic (exact) mass is 432 g/mol. The summed E-state index contributed by atoms with van der Waals surface area (Å²) in [4.78, 5) is 9.05. The highest BCUT2D eigenvalue weighted by Gasteiger charge is 2.20. The molecule has 0 fully saturated rings. The second-order valence-corrected chi connectivity index (χ2v) is 9.48. The van der Waals surface area contributed by atoms with E-state index in [9.17, 15) is 0 Å². The van der Waals surface area contributed by atoms with Crippen molar-refractivity contribution in [2.45, 2.75) is 33.1 Å². The number of nitrogens with zero attached hydrogens (tertiary/aromatic N) is 6. The molecule has 4 heterocycles. The molecule has 0 spiro atoms. The topological polar surface area (TPSA) is 60.9 Å². The molecule has 0 amide bonds. The molecule has 2 aromatic carbocycles. The number of hydrogen-bond acceptors (Lipinski definition) is 4. The first-order valence-corrected chi connectivity index (χ1v) is 11.1. The number of benzene rings is 2. The number of fused-ring (bicyclic) bond motifs is 5. The van der Waals surface area contributed by atoms with E-state index in [1.807, 2.05) is 25.4 Å². The number of aromatic nitrogens is 6. The van der Waals surface area contributed by atoms with Crippen LogP contribution in [-0.4, -0.2) is 29.1 Å². The number of hydrogen-bond donors (Lipinski definition) is 0. The molecule has 0 atom stereocenters. The normalized spacial score (nSPS) is 12.2. The first kappa shape index (κ1) is 19.6. The summed E-state index contributed by atoms with van der Waals surface area (Å²) in [5.41, 5.74) is 7.61. The van der Waals surface area contributed by atoms with Crippen molar-refractivity contribution in [1.82, 2.24) is 29.1 Å². The molecule has 33 heavy (non-hydrogen) atoms. The van der Waals surface area contributed by atoms with Gasteiger partial charge in [0, 0.05) is 29.0 Å². The molecule has 4 aromatic heterocycles. The maximum atomic E-state index is 4.76. The summed E-state index contributed by atoms with van der Waals surface area (Å²) >= 11 is 0. The third kappa shape index (κ3) is 3.02. The molecule has 162 valence electrons. The average Bonchev–Trinajstić information content (AvgIpc) is 3.36. The van der Waals surface area contributed by atoms with Crippen LogP contribution in [0.2, 0.25) is 0 Å². The molecule has 0 N–H and O–H groups in total. The van der Waals surface area contributed by atoms with E-state index >= 15 is 0 Å². The van der Waals surface area contributed by atoms with Gasteiger partial charge in [-0.05, 0) is 53.8 Å². The van der Waals surface area contributed by atoms with Crippen LogP contribution < -0.4 is 0 Å². The Morgan fingerprint density at radius 3 is 2.39 bits per heavy atom. The van der Waals surface area contributed by atoms with E-state index < -0.39 is 0 Å². The summed E-state index contributed by atoms with van der Waals surface area (Å²) in [5, 5.41) is 9.95. The lowest BCUT2D eigenvalue weighted by molar-refractivity contribution is 0.590. The van der Waals surface area contributed by atoms with E-state index in [-0.39, 0.29) is 5.41 Å². The van der Waals surface area contributed by atoms with Crippen molar-refractivity contribution in [3.05, 3.63) is 84.6 Å². The predicted molar refractivity (Wildman–Crippen MR) is 132 cm³/mol. The Labute approximate surface area is 191 Å². The van der Waals surface area contributed by atoms with Crippen LogP contribution in [0.25, 0.3) is 44.5 Å². The van der Waals surface area contributed by atoms with Crippen LogP contribution >= 0.6 is 0 Å². The summed E-state index contributed by atoms with van der Waals surface area (Å²) in [6.07, 6.45) is 5.60. The molecule has 0 saturated carbocycles. The minimum atomic E-state index is 0.0906. The van der Waals surface area contributed by atoms with Gasteiger partial charge in [0.2, 0.25) is 5.78 Å². The molecule has 6 nitrogen and oxygen atoms in total. The summed E-state index contributed by atoms with van der Waals surface area (Å²) in [6, 6.07) is 19.1. The summed E-state index contributed by atoms with van der Waals surface area (Å²) in [5.74, 6) is 1.62. The third-order valence-corrected chi connectivity index (χ3v) is 6.28. The van der Waals surface area contributed by atoms with Gasteiger partial charge in [0.1, 0.15) is 5.82 Å². The minimum Gasteiger partial charge on any atom is -0.276 e. The second kappa shape index (κ2) is 6.97. The van der Waals surface area contributed by atoms with E-state index in [0.717, 1.165) is 50.4 Å². The predicted octanol–water partition coefficient (Wildman–Crippen LogP) is 5.89. The van der Waals surface area contributed by atoms with Crippen LogP contribution in [0, 0.1) is 6.92 Å². The first-order chi connectivity index (χ1) is 15.9. The fourth-order valence-electron chi connectivity index (χ4n) is 4.51. The highest BCUT2D eigenvalue weighted by molar-refractivity contribution is 6.06. The molecule has 0 bridgehead atoms. The van der Waals surface area contributed by atoms with Gasteiger partial charge in [0.25, 0.3) is 0 Å². The van der Waals surface area contributed by atoms with Crippen LogP contribution in [-0.2, 0) is 5.41 Å². The Bertz CT molecular complexity index is 1630. The fourth-order valence-corrected chi connectivity index (χ4v) is 4.51. The average molecular weight is 433 g/mol. The fraction of sp³-hybridized carbons (Fsp3) is 0.185. The molecule has 0 radical (unpaired) electrons. The van der Waals surface area contributed by atoms with Crippen LogP contribution in [0.15, 0.2) is 73.2 Å². The van der Waals surface area contributed by atoms with Gasteiger partial charge in [0.05, 0.1) is 22.7 Å². The maximum absolute atomic E-state index is 4.76. The van der Waals surface area contributed by atoms with E-state index in [2.05, 4.69) is 93.5 Å². The van der Waals surface area contributed by atoms with Gasteiger partial charge in [-0.3, -0.25) is 18.9 Å². The zero-order valence-electron chi connectivity index (χ0n) is 19.1. The van der Waals surface area contributed by atoms with Crippen molar-refractivity contribution >= 4 is 27.7 Å². The van der Waals surface area contributed by atoms with E-state index in [4.69, 9.17) is 4.98 Å². The third-order valence-electron chi connectivity index (χ3n) is 6.28. The highest BCUT2D eigenvalue weighted by atomic mass is 15.3. The minimum absolute atomic E-state index is 0.0906. The van der Waals surface area contributed by atoms with Crippen LogP contribution in [0.5, 0.6) is 0 Å². The van der Waals surface area contributed by atoms with Crippen LogP contribution in [0.3, 0.4) is 0 Å². The lowest BCUT2D eigenvalue weighted by Gasteiger charge is -2.19. The van der Waals surface area contributed by atoms with Crippen molar-refractivity contribution < 1.29 is 0 Å². The Morgan fingerprint density at radius 1 is 0.848 bits per heavy atom. The van der Waals surface area contributed by atoms with Gasteiger partial charge in [-0.15, -0.1) is 10.2 Å². The van der Waals surface area contributed by atoms with E-state index in [0.29, 0.717) is 0 Å². The Morgan fingerprint density at radius 2 is 1.67 bits per heavy atom. The number of aryl methyl sites for hydroxylation is 1. The van der Waals surface area contributed by atoms with Crippen molar-refractivity contribution in [1.29, 1.82) is 0 Å². The first-order valence-electron chi connectivity index (χ1n) is 11.1. The van der Waals surface area contributed by atoms with Gasteiger partial charge in [-0.1, -0.05) is 45.0 Å². The SMILES string of the molecule is Cc1nnc2n(-c3ccc(C(C)(C)C)cc3)c3c4cc(-c5cccnc5)ccc4ncc3n12. The van der Waals surface area contributed by atoms with Gasteiger partial charge >= 0.3 is 0 Å². The quantitative estimate of drug-likeness (QED) is 0.342. The Hall–Kier alpha value is -4.06. The maximum Gasteiger partial charge on any atom is 0.241 e. The van der Waals surface area contributed by atoms with Gasteiger partial charge in [-0.2, -0.15) is 0 Å². The largest absolute Gasteiger partial charge is 0.276 e. The number of rotatable bonds is 2. The van der Waals surface area contributed by atoms with Crippen molar-refractivity contribution in [3.63, 3.8) is 0 Å². The van der Waals surface area contributed by atoms with Crippen LogP contribution in [0.4, 0.5) is 0 Å². The van der Waals surface area contributed by atoms with E-state index in [1.165, 1.54) is 5.56 Å². The molecule has 0 aliphatic carbocycles. The van der Waals surface area contributed by atoms with Crippen molar-refractivity contribution in [2.75, 3.05) is 0 Å². The lowest BCUT2D eigenvalue weighted by atomic mass is 9.87. The summed E-state index contributed by atoms with van der Waals surface area (Å²) in [6.45, 7) is 8.66. The van der Waals surface area contributed by atoms with Gasteiger partial charge < -0.3 is 0 Å². The number of imidazole rings is 1. The standard InChI is InChI=1S/C27H24N6/c1-17-30-31-26-32(17)24-16-29-23-12-7-18(19-6-5-13-28-15-19)14-22(23)25(24)33(26)21-10-8-20(9-11-21)27(2,3)4/h5-16H,1-4H3. The molecule has 0 unspecified atom stereocenters. The Kier molecular flexibility index (Phi) is 4.14. The Balaban J connectivity index is 1.70. The van der Waals surface area contributed by atoms with Crippen LogP contribution in [0.1, 0.15) is 32.2 Å². The van der Waals surface area contributed by atoms with E-state index in [1.54, 1.807) is 6.20 Å². The molecule has 0 aliphatic heterocycles.